The van der Waals surface area contributed by atoms with Crippen molar-refractivity contribution in [2.45, 2.75) is 0 Å². The van der Waals surface area contributed by atoms with Gasteiger partial charge in [-0.25, -0.2) is 0 Å². The molecule has 0 heterocycles. The van der Waals surface area contributed by atoms with Crippen molar-refractivity contribution in [3.05, 3.63) is 53.6 Å². The van der Waals surface area contributed by atoms with Gasteiger partial charge in [0, 0.05) is 5.02 Å². The van der Waals surface area contributed by atoms with Crippen LogP contribution in [-0.2, 0) is 0 Å². The molecule has 2 aromatic carbocycles. The molecule has 0 aliphatic carbocycles. The summed E-state index contributed by atoms with van der Waals surface area (Å²) in [5, 5.41) is 18.1. The highest BCUT2D eigenvalue weighted by Gasteiger charge is 1.87. The van der Waals surface area contributed by atoms with Crippen molar-refractivity contribution in [3.63, 3.8) is 0 Å². The maximum Gasteiger partial charge on any atom is 0.119 e. The van der Waals surface area contributed by atoms with Gasteiger partial charge in [0.2, 0.25) is 0 Å². The highest BCUT2D eigenvalue weighted by Crippen LogP contribution is 2.14. The predicted octanol–water partition coefficient (Wildman–Crippen LogP) is 3.45. The Balaban J connectivity index is 0.000000171. The van der Waals surface area contributed by atoms with Crippen LogP contribution in [-0.4, -0.2) is 17.3 Å². The highest BCUT2D eigenvalue weighted by atomic mass is 35.5. The summed E-state index contributed by atoms with van der Waals surface area (Å²) in [5.41, 5.74) is 0. The van der Waals surface area contributed by atoms with Gasteiger partial charge < -0.3 is 14.9 Å². The zero-order chi connectivity index (χ0) is 12.7. The van der Waals surface area contributed by atoms with Crippen LogP contribution >= 0.6 is 11.6 Å². The number of ether oxygens (including phenoxy) is 1. The lowest BCUT2D eigenvalue weighted by molar-refractivity contribution is 0.412. The van der Waals surface area contributed by atoms with Gasteiger partial charge in [0.1, 0.15) is 17.2 Å². The van der Waals surface area contributed by atoms with E-state index in [-0.39, 0.29) is 11.5 Å². The van der Waals surface area contributed by atoms with Crippen LogP contribution in [0, 0.1) is 0 Å². The molecule has 0 amide bonds. The largest absolute Gasteiger partial charge is 0.508 e. The maximum absolute atomic E-state index is 8.80. The van der Waals surface area contributed by atoms with E-state index in [1.807, 2.05) is 0 Å². The van der Waals surface area contributed by atoms with Gasteiger partial charge in [-0.2, -0.15) is 0 Å². The first-order valence-corrected chi connectivity index (χ1v) is 5.27. The molecule has 2 rings (SSSR count). The maximum atomic E-state index is 8.80. The Hall–Kier alpha value is -1.87. The van der Waals surface area contributed by atoms with Gasteiger partial charge in [-0.1, -0.05) is 11.6 Å². The van der Waals surface area contributed by atoms with E-state index in [0.29, 0.717) is 5.02 Å². The van der Waals surface area contributed by atoms with Crippen molar-refractivity contribution in [3.8, 4) is 17.2 Å². The molecule has 3 nitrogen and oxygen atoms in total. The number of phenolic OH excluding ortho intramolecular Hbond substituents is 2. The highest BCUT2D eigenvalue weighted by molar-refractivity contribution is 6.30. The molecule has 0 aliphatic rings. The smallest absolute Gasteiger partial charge is 0.119 e. The molecule has 0 spiro atoms. The molecule has 90 valence electrons. The number of halogens is 1. The van der Waals surface area contributed by atoms with Crippen LogP contribution < -0.4 is 4.74 Å². The van der Waals surface area contributed by atoms with Gasteiger partial charge >= 0.3 is 0 Å². The van der Waals surface area contributed by atoms with E-state index in [4.69, 9.17) is 26.6 Å². The summed E-state index contributed by atoms with van der Waals surface area (Å²) in [5.74, 6) is 1.26. The molecular weight excluding hydrogens is 240 g/mol. The number of benzene rings is 2. The molecular formula is C13H13ClO3. The number of phenols is 2. The SMILES string of the molecule is COc1ccc(O)cc1.Oc1ccc(Cl)cc1. The van der Waals surface area contributed by atoms with Gasteiger partial charge in [-0.15, -0.1) is 0 Å². The first-order chi connectivity index (χ1) is 8.11. The van der Waals surface area contributed by atoms with E-state index in [1.165, 1.54) is 0 Å². The molecule has 0 aromatic heterocycles. The van der Waals surface area contributed by atoms with Gasteiger partial charge in [-0.3, -0.25) is 0 Å². The molecule has 0 unspecified atom stereocenters. The third kappa shape index (κ3) is 5.13. The molecule has 0 saturated heterocycles. The second-order valence-corrected chi connectivity index (χ2v) is 3.61. The summed E-state index contributed by atoms with van der Waals surface area (Å²) in [7, 11) is 1.59. The topological polar surface area (TPSA) is 49.7 Å². The molecule has 0 fully saturated rings. The Kier molecular flexibility index (Phi) is 5.17. The number of aromatic hydroxyl groups is 2. The van der Waals surface area contributed by atoms with Gasteiger partial charge in [-0.05, 0) is 48.5 Å². The Morgan fingerprint density at radius 1 is 0.824 bits per heavy atom. The number of hydrogen-bond donors (Lipinski definition) is 2. The predicted molar refractivity (Wildman–Crippen MR) is 67.8 cm³/mol. The molecule has 0 radical (unpaired) electrons. The summed E-state index contributed by atoms with van der Waals surface area (Å²) in [6, 6.07) is 12.9. The first kappa shape index (κ1) is 13.2. The first-order valence-electron chi connectivity index (χ1n) is 4.89. The Morgan fingerprint density at radius 2 is 1.24 bits per heavy atom. The molecule has 0 bridgehead atoms. The van der Waals surface area contributed by atoms with Gasteiger partial charge in [0.05, 0.1) is 7.11 Å². The van der Waals surface area contributed by atoms with Gasteiger partial charge in [0.25, 0.3) is 0 Å². The van der Waals surface area contributed by atoms with Crippen LogP contribution in [0.4, 0.5) is 0 Å². The molecule has 2 N–H and O–H groups in total. The second kappa shape index (κ2) is 6.66. The van der Waals surface area contributed by atoms with Crippen molar-refractivity contribution >= 4 is 11.6 Å². The van der Waals surface area contributed by atoms with E-state index in [9.17, 15) is 0 Å². The van der Waals surface area contributed by atoms with Gasteiger partial charge in [0.15, 0.2) is 0 Å². The zero-order valence-corrected chi connectivity index (χ0v) is 10.1. The average molecular weight is 253 g/mol. The van der Waals surface area contributed by atoms with Crippen LogP contribution in [0.15, 0.2) is 48.5 Å². The van der Waals surface area contributed by atoms with Crippen molar-refractivity contribution in [1.82, 2.24) is 0 Å². The minimum absolute atomic E-state index is 0.245. The monoisotopic (exact) mass is 252 g/mol. The van der Waals surface area contributed by atoms with Crippen LogP contribution in [0.1, 0.15) is 0 Å². The van der Waals surface area contributed by atoms with Crippen molar-refractivity contribution in [2.24, 2.45) is 0 Å². The van der Waals surface area contributed by atoms with E-state index in [2.05, 4.69) is 0 Å². The van der Waals surface area contributed by atoms with Crippen molar-refractivity contribution in [1.29, 1.82) is 0 Å². The standard InChI is InChI=1S/C7H8O2.C6H5ClO/c1-9-7-4-2-6(8)3-5-7;7-5-1-3-6(8)4-2-5/h2-5,8H,1H3;1-4,8H. The summed E-state index contributed by atoms with van der Waals surface area (Å²) >= 11 is 5.50. The normalized spacial score (nSPS) is 9.06. The summed E-state index contributed by atoms with van der Waals surface area (Å²) in [6.07, 6.45) is 0. The van der Waals surface area contributed by atoms with Crippen LogP contribution in [0.3, 0.4) is 0 Å². The van der Waals surface area contributed by atoms with Crippen LogP contribution in [0.25, 0.3) is 0 Å². The van der Waals surface area contributed by atoms with Crippen molar-refractivity contribution in [2.75, 3.05) is 7.11 Å². The molecule has 2 aromatic rings. The van der Waals surface area contributed by atoms with E-state index < -0.39 is 0 Å². The fraction of sp³-hybridized carbons (Fsp3) is 0.0769. The van der Waals surface area contributed by atoms with E-state index in [1.54, 1.807) is 55.6 Å². The molecule has 17 heavy (non-hydrogen) atoms. The van der Waals surface area contributed by atoms with E-state index in [0.717, 1.165) is 5.75 Å². The van der Waals surface area contributed by atoms with Crippen molar-refractivity contribution < 1.29 is 14.9 Å². The molecule has 0 aliphatic heterocycles. The zero-order valence-electron chi connectivity index (χ0n) is 9.30. The Morgan fingerprint density at radius 3 is 1.59 bits per heavy atom. The summed E-state index contributed by atoms with van der Waals surface area (Å²) in [6.45, 7) is 0. The van der Waals surface area contributed by atoms with Crippen LogP contribution in [0.5, 0.6) is 17.2 Å². The van der Waals surface area contributed by atoms with Crippen LogP contribution in [0.2, 0.25) is 5.02 Å². The Labute approximate surface area is 105 Å². The quantitative estimate of drug-likeness (QED) is 0.817. The third-order valence-corrected chi connectivity index (χ3v) is 2.15. The number of rotatable bonds is 1. The Bertz CT molecular complexity index is 416. The molecule has 4 heteroatoms. The average Bonchev–Trinajstić information content (AvgIpc) is 2.35. The second-order valence-electron chi connectivity index (χ2n) is 3.17. The fourth-order valence-corrected chi connectivity index (χ4v) is 1.15. The third-order valence-electron chi connectivity index (χ3n) is 1.90. The summed E-state index contributed by atoms with van der Waals surface area (Å²) < 4.78 is 4.86. The van der Waals surface area contributed by atoms with E-state index >= 15 is 0 Å². The minimum atomic E-state index is 0.245. The summed E-state index contributed by atoms with van der Waals surface area (Å²) in [4.78, 5) is 0. The number of hydrogen-bond acceptors (Lipinski definition) is 3. The lowest BCUT2D eigenvalue weighted by Gasteiger charge is -1.96. The molecule has 0 atom stereocenters. The minimum Gasteiger partial charge on any atom is -0.508 e. The number of methoxy groups -OCH3 is 1. The molecule has 0 saturated carbocycles. The lowest BCUT2D eigenvalue weighted by Crippen LogP contribution is -1.79. The fourth-order valence-electron chi connectivity index (χ4n) is 1.02. The lowest BCUT2D eigenvalue weighted by atomic mass is 10.3.